The van der Waals surface area contributed by atoms with Crippen molar-refractivity contribution >= 4 is 11.3 Å². The Labute approximate surface area is 139 Å². The fourth-order valence-electron chi connectivity index (χ4n) is 3.15. The van der Waals surface area contributed by atoms with Crippen molar-refractivity contribution in [2.24, 2.45) is 0 Å². The average Bonchev–Trinajstić information content (AvgIpc) is 3.29. The van der Waals surface area contributed by atoms with Gasteiger partial charge in [0.15, 0.2) is 0 Å². The van der Waals surface area contributed by atoms with Crippen molar-refractivity contribution < 1.29 is 4.52 Å². The van der Waals surface area contributed by atoms with Crippen LogP contribution in [0.3, 0.4) is 0 Å². The molecule has 4 rings (SSSR count). The highest BCUT2D eigenvalue weighted by molar-refractivity contribution is 7.07. The smallest absolute Gasteiger partial charge is 0.231 e. The second-order valence-electron chi connectivity index (χ2n) is 6.12. The summed E-state index contributed by atoms with van der Waals surface area (Å²) in [6, 6.07) is 10.3. The molecule has 1 aliphatic rings. The number of thiophene rings is 1. The third-order valence-corrected chi connectivity index (χ3v) is 5.17. The summed E-state index contributed by atoms with van der Waals surface area (Å²) in [5.74, 6) is 1.82. The Hall–Kier alpha value is -1.98. The van der Waals surface area contributed by atoms with E-state index in [9.17, 15) is 0 Å². The molecule has 3 heterocycles. The quantitative estimate of drug-likeness (QED) is 0.724. The van der Waals surface area contributed by atoms with Crippen molar-refractivity contribution in [1.29, 1.82) is 0 Å². The van der Waals surface area contributed by atoms with Gasteiger partial charge in [-0.05, 0) is 47.8 Å². The zero-order chi connectivity index (χ0) is 15.6. The normalized spacial score (nSPS) is 18.6. The number of hydrogen-bond acceptors (Lipinski definition) is 5. The van der Waals surface area contributed by atoms with E-state index < -0.39 is 0 Å². The molecule has 1 saturated heterocycles. The molecule has 1 fully saturated rings. The minimum Gasteiger partial charge on any atom is -0.339 e. The first-order valence-electron chi connectivity index (χ1n) is 7.92. The van der Waals surface area contributed by atoms with Gasteiger partial charge in [-0.2, -0.15) is 16.3 Å². The zero-order valence-electron chi connectivity index (χ0n) is 13.1. The van der Waals surface area contributed by atoms with E-state index >= 15 is 0 Å². The lowest BCUT2D eigenvalue weighted by molar-refractivity contribution is 0.309. The van der Waals surface area contributed by atoms with Crippen LogP contribution in [0.1, 0.15) is 29.4 Å². The fraction of sp³-hybridized carbons (Fsp3) is 0.333. The van der Waals surface area contributed by atoms with Gasteiger partial charge in [0.2, 0.25) is 11.7 Å². The molecular formula is C18H19N3OS. The van der Waals surface area contributed by atoms with Gasteiger partial charge in [-0.25, -0.2) is 0 Å². The second-order valence-corrected chi connectivity index (χ2v) is 6.90. The number of benzene rings is 1. The van der Waals surface area contributed by atoms with E-state index in [2.05, 4.69) is 44.9 Å². The van der Waals surface area contributed by atoms with E-state index in [0.717, 1.165) is 37.5 Å². The summed E-state index contributed by atoms with van der Waals surface area (Å²) in [6.45, 7) is 5.16. The molecule has 0 bridgehead atoms. The number of nitrogens with zero attached hydrogens (tertiary/aromatic N) is 3. The largest absolute Gasteiger partial charge is 0.339 e. The minimum absolute atomic E-state index is 0.346. The van der Waals surface area contributed by atoms with Crippen molar-refractivity contribution in [1.82, 2.24) is 15.0 Å². The van der Waals surface area contributed by atoms with Gasteiger partial charge in [-0.3, -0.25) is 4.90 Å². The van der Waals surface area contributed by atoms with Gasteiger partial charge in [-0.1, -0.05) is 29.4 Å². The first kappa shape index (κ1) is 14.6. The van der Waals surface area contributed by atoms with Crippen molar-refractivity contribution in [3.05, 3.63) is 58.1 Å². The molecule has 0 aliphatic carbocycles. The van der Waals surface area contributed by atoms with E-state index in [-0.39, 0.29) is 0 Å². The monoisotopic (exact) mass is 325 g/mol. The zero-order valence-corrected chi connectivity index (χ0v) is 13.9. The van der Waals surface area contributed by atoms with Crippen LogP contribution in [-0.2, 0) is 6.54 Å². The van der Waals surface area contributed by atoms with Gasteiger partial charge in [0.25, 0.3) is 0 Å². The lowest BCUT2D eigenvalue weighted by Gasteiger charge is -2.13. The Morgan fingerprint density at radius 2 is 2.22 bits per heavy atom. The Morgan fingerprint density at radius 1 is 1.30 bits per heavy atom. The Bertz CT molecular complexity index is 781. The molecule has 23 heavy (non-hydrogen) atoms. The van der Waals surface area contributed by atoms with E-state index in [4.69, 9.17) is 4.52 Å². The first-order valence-corrected chi connectivity index (χ1v) is 8.87. The van der Waals surface area contributed by atoms with Crippen LogP contribution in [0.5, 0.6) is 0 Å². The molecular weight excluding hydrogens is 306 g/mol. The first-order chi connectivity index (χ1) is 11.3. The van der Waals surface area contributed by atoms with Crippen molar-refractivity contribution in [2.75, 3.05) is 13.1 Å². The van der Waals surface area contributed by atoms with E-state index in [0.29, 0.717) is 11.7 Å². The molecule has 0 radical (unpaired) electrons. The molecule has 1 aromatic carbocycles. The van der Waals surface area contributed by atoms with E-state index in [1.54, 1.807) is 11.3 Å². The summed E-state index contributed by atoms with van der Waals surface area (Å²) in [5, 5.41) is 8.54. The number of aryl methyl sites for hydroxylation is 1. The van der Waals surface area contributed by atoms with Crippen LogP contribution in [0.2, 0.25) is 0 Å². The van der Waals surface area contributed by atoms with Crippen LogP contribution in [-0.4, -0.2) is 28.1 Å². The Morgan fingerprint density at radius 3 is 3.04 bits per heavy atom. The van der Waals surface area contributed by atoms with Crippen LogP contribution in [0.4, 0.5) is 0 Å². The summed E-state index contributed by atoms with van der Waals surface area (Å²) >= 11 is 1.75. The minimum atomic E-state index is 0.346. The molecule has 1 aliphatic heterocycles. The van der Waals surface area contributed by atoms with Gasteiger partial charge in [0.1, 0.15) is 0 Å². The van der Waals surface area contributed by atoms with Gasteiger partial charge in [0.05, 0.1) is 5.92 Å². The number of hydrogen-bond donors (Lipinski definition) is 0. The van der Waals surface area contributed by atoms with Crippen LogP contribution >= 0.6 is 11.3 Å². The molecule has 3 aromatic rings. The molecule has 2 aromatic heterocycles. The van der Waals surface area contributed by atoms with Crippen LogP contribution in [0.25, 0.3) is 11.4 Å². The molecule has 0 spiro atoms. The summed E-state index contributed by atoms with van der Waals surface area (Å²) in [4.78, 5) is 7.12. The lowest BCUT2D eigenvalue weighted by atomic mass is 10.1. The standard InChI is InChI=1S/C18H19N3OS/c1-13-4-2-3-5-16(13)17-19-18(22-20-17)15-6-8-21(11-15)10-14-7-9-23-12-14/h2-5,7,9,12,15H,6,8,10-11H2,1H3/t15-/m0/s1. The fourth-order valence-corrected chi connectivity index (χ4v) is 3.81. The summed E-state index contributed by atoms with van der Waals surface area (Å²) in [7, 11) is 0. The van der Waals surface area contributed by atoms with Crippen molar-refractivity contribution in [3.8, 4) is 11.4 Å². The lowest BCUT2D eigenvalue weighted by Crippen LogP contribution is -2.19. The van der Waals surface area contributed by atoms with Crippen molar-refractivity contribution in [3.63, 3.8) is 0 Å². The topological polar surface area (TPSA) is 42.2 Å². The molecule has 118 valence electrons. The number of likely N-dealkylation sites (tertiary alicyclic amines) is 1. The highest BCUT2D eigenvalue weighted by atomic mass is 32.1. The van der Waals surface area contributed by atoms with E-state index in [1.807, 2.05) is 18.2 Å². The summed E-state index contributed by atoms with van der Waals surface area (Å²) < 4.78 is 5.56. The van der Waals surface area contributed by atoms with Gasteiger partial charge >= 0.3 is 0 Å². The Kier molecular flexibility index (Phi) is 3.97. The maximum Gasteiger partial charge on any atom is 0.231 e. The molecule has 0 N–H and O–H groups in total. The van der Waals surface area contributed by atoms with Gasteiger partial charge < -0.3 is 4.52 Å². The van der Waals surface area contributed by atoms with Crippen molar-refractivity contribution in [2.45, 2.75) is 25.8 Å². The molecule has 0 unspecified atom stereocenters. The van der Waals surface area contributed by atoms with Crippen LogP contribution in [0, 0.1) is 6.92 Å². The molecule has 0 amide bonds. The second kappa shape index (κ2) is 6.26. The molecule has 4 nitrogen and oxygen atoms in total. The van der Waals surface area contributed by atoms with Crippen LogP contribution in [0.15, 0.2) is 45.6 Å². The highest BCUT2D eigenvalue weighted by Crippen LogP contribution is 2.29. The van der Waals surface area contributed by atoms with Gasteiger partial charge in [-0.15, -0.1) is 0 Å². The number of aromatic nitrogens is 2. The highest BCUT2D eigenvalue weighted by Gasteiger charge is 2.28. The maximum absolute atomic E-state index is 5.56. The van der Waals surface area contributed by atoms with E-state index in [1.165, 1.54) is 11.1 Å². The third kappa shape index (κ3) is 3.07. The summed E-state index contributed by atoms with van der Waals surface area (Å²) in [5.41, 5.74) is 3.61. The SMILES string of the molecule is Cc1ccccc1-c1noc([C@H]2CCN(Cc3ccsc3)C2)n1. The predicted octanol–water partition coefficient (Wildman–Crippen LogP) is 4.10. The number of rotatable bonds is 4. The Balaban J connectivity index is 1.47. The summed E-state index contributed by atoms with van der Waals surface area (Å²) in [6.07, 6.45) is 1.08. The predicted molar refractivity (Wildman–Crippen MR) is 91.4 cm³/mol. The van der Waals surface area contributed by atoms with Crippen LogP contribution < -0.4 is 0 Å². The third-order valence-electron chi connectivity index (χ3n) is 4.44. The molecule has 1 atom stereocenters. The average molecular weight is 325 g/mol. The molecule has 5 heteroatoms. The molecule has 0 saturated carbocycles. The van der Waals surface area contributed by atoms with Gasteiger partial charge in [0, 0.05) is 18.7 Å². The maximum atomic E-state index is 5.56.